The van der Waals surface area contributed by atoms with Crippen LogP contribution in [0.15, 0.2) is 48.5 Å². The molecule has 1 saturated heterocycles. The summed E-state index contributed by atoms with van der Waals surface area (Å²) < 4.78 is 10.7. The molecule has 9 nitrogen and oxygen atoms in total. The number of aliphatic carboxylic acids is 1. The molecule has 0 bridgehead atoms. The van der Waals surface area contributed by atoms with Crippen LogP contribution in [-0.2, 0) is 19.1 Å². The Balaban J connectivity index is 1.43. The number of nitrogens with one attached hydrogen (secondary N) is 1. The lowest BCUT2D eigenvalue weighted by atomic mass is 9.98. The lowest BCUT2D eigenvalue weighted by Gasteiger charge is -2.29. The number of hydrogen-bond acceptors (Lipinski definition) is 6. The molecule has 2 aromatic carbocycles. The SMILES string of the molecule is CN(C(=O)C(CCC(=O)O)NC(=O)OCC1c2ccccc2-c2ccccc21)C1COCC1O. The predicted octanol–water partition coefficient (Wildman–Crippen LogP) is 1.98. The summed E-state index contributed by atoms with van der Waals surface area (Å²) in [4.78, 5) is 38.1. The number of fused-ring (bicyclic) bond motifs is 3. The monoisotopic (exact) mass is 468 g/mol. The second-order valence-corrected chi connectivity index (χ2v) is 8.58. The quantitative estimate of drug-likeness (QED) is 0.541. The first-order valence-electron chi connectivity index (χ1n) is 11.2. The number of hydrogen-bond donors (Lipinski definition) is 3. The molecule has 3 N–H and O–H groups in total. The molecular formula is C25H28N2O7. The molecule has 1 fully saturated rings. The van der Waals surface area contributed by atoms with E-state index in [-0.39, 0.29) is 38.6 Å². The van der Waals surface area contributed by atoms with Gasteiger partial charge in [-0.25, -0.2) is 4.79 Å². The van der Waals surface area contributed by atoms with Crippen LogP contribution < -0.4 is 5.32 Å². The van der Waals surface area contributed by atoms with E-state index in [4.69, 9.17) is 14.6 Å². The van der Waals surface area contributed by atoms with E-state index in [0.29, 0.717) is 0 Å². The summed E-state index contributed by atoms with van der Waals surface area (Å²) in [6.45, 7) is 0.354. The van der Waals surface area contributed by atoms with E-state index < -0.39 is 36.2 Å². The number of rotatable bonds is 8. The number of carboxylic acid groups (broad SMARTS) is 1. The number of aliphatic hydroxyl groups excluding tert-OH is 1. The summed E-state index contributed by atoms with van der Waals surface area (Å²) in [6.07, 6.45) is -2.06. The third kappa shape index (κ3) is 4.90. The third-order valence-corrected chi connectivity index (χ3v) is 6.45. The fraction of sp³-hybridized carbons (Fsp3) is 0.400. The van der Waals surface area contributed by atoms with Gasteiger partial charge >= 0.3 is 12.1 Å². The summed E-state index contributed by atoms with van der Waals surface area (Å²) in [5.74, 6) is -1.73. The highest BCUT2D eigenvalue weighted by Crippen LogP contribution is 2.44. The lowest BCUT2D eigenvalue weighted by Crippen LogP contribution is -2.53. The standard InChI is InChI=1S/C25H28N2O7/c1-27(21-13-33-14-22(21)28)24(31)20(10-11-23(29)30)26-25(32)34-12-19-17-8-4-2-6-15(17)16-7-3-5-9-18(16)19/h2-9,19-22,28H,10-14H2,1H3,(H,26,32)(H,29,30). The van der Waals surface area contributed by atoms with Crippen LogP contribution >= 0.6 is 0 Å². The average molecular weight is 469 g/mol. The first-order chi connectivity index (χ1) is 16.4. The van der Waals surface area contributed by atoms with Gasteiger partial charge in [-0.3, -0.25) is 9.59 Å². The molecule has 1 heterocycles. The Bertz CT molecular complexity index is 1030. The Hall–Kier alpha value is -3.43. The fourth-order valence-electron chi connectivity index (χ4n) is 4.62. The second-order valence-electron chi connectivity index (χ2n) is 8.58. The molecule has 1 aliphatic heterocycles. The number of carboxylic acids is 1. The van der Waals surface area contributed by atoms with Crippen molar-refractivity contribution in [3.05, 3.63) is 59.7 Å². The van der Waals surface area contributed by atoms with Crippen LogP contribution in [0.25, 0.3) is 11.1 Å². The van der Waals surface area contributed by atoms with Gasteiger partial charge in [-0.2, -0.15) is 0 Å². The normalized spacial score (nSPS) is 19.7. The van der Waals surface area contributed by atoms with Crippen LogP contribution in [0.3, 0.4) is 0 Å². The number of aliphatic hydroxyl groups is 1. The van der Waals surface area contributed by atoms with Gasteiger partial charge in [0.2, 0.25) is 5.91 Å². The maximum Gasteiger partial charge on any atom is 0.407 e. The molecule has 2 aliphatic rings. The van der Waals surface area contributed by atoms with Gasteiger partial charge in [0, 0.05) is 19.4 Å². The van der Waals surface area contributed by atoms with Gasteiger partial charge < -0.3 is 29.9 Å². The van der Waals surface area contributed by atoms with Crippen LogP contribution in [0.5, 0.6) is 0 Å². The zero-order valence-electron chi connectivity index (χ0n) is 18.8. The van der Waals surface area contributed by atoms with Crippen molar-refractivity contribution < 1.29 is 34.1 Å². The lowest BCUT2D eigenvalue weighted by molar-refractivity contribution is -0.138. The van der Waals surface area contributed by atoms with E-state index in [9.17, 15) is 19.5 Å². The molecule has 9 heteroatoms. The van der Waals surface area contributed by atoms with Gasteiger partial charge in [-0.1, -0.05) is 48.5 Å². The minimum Gasteiger partial charge on any atom is -0.481 e. The molecule has 34 heavy (non-hydrogen) atoms. The number of ether oxygens (including phenoxy) is 2. The number of carbonyl (C=O) groups excluding carboxylic acids is 2. The van der Waals surface area contributed by atoms with Crippen LogP contribution in [-0.4, -0.2) is 78.1 Å². The van der Waals surface area contributed by atoms with Crippen molar-refractivity contribution >= 4 is 18.0 Å². The first kappa shape index (κ1) is 23.7. The largest absolute Gasteiger partial charge is 0.481 e. The summed E-state index contributed by atoms with van der Waals surface area (Å²) in [6, 6.07) is 14.2. The minimum atomic E-state index is -1.11. The number of alkyl carbamates (subject to hydrolysis) is 1. The van der Waals surface area contributed by atoms with E-state index in [1.807, 2.05) is 48.5 Å². The number of amides is 2. The Kier molecular flexibility index (Phi) is 7.14. The van der Waals surface area contributed by atoms with Gasteiger partial charge in [-0.15, -0.1) is 0 Å². The van der Waals surface area contributed by atoms with Crippen LogP contribution in [0.1, 0.15) is 29.9 Å². The summed E-state index contributed by atoms with van der Waals surface area (Å²) in [5.41, 5.74) is 4.32. The highest BCUT2D eigenvalue weighted by molar-refractivity contribution is 5.86. The first-order valence-corrected chi connectivity index (χ1v) is 11.2. The van der Waals surface area contributed by atoms with Crippen molar-refractivity contribution in [2.45, 2.75) is 36.9 Å². The molecule has 2 aromatic rings. The molecule has 3 atom stereocenters. The van der Waals surface area contributed by atoms with Crippen LogP contribution in [0.2, 0.25) is 0 Å². The Morgan fingerprint density at radius 1 is 1.09 bits per heavy atom. The van der Waals surface area contributed by atoms with E-state index >= 15 is 0 Å². The average Bonchev–Trinajstić information content (AvgIpc) is 3.40. The van der Waals surface area contributed by atoms with E-state index in [1.165, 1.54) is 11.9 Å². The summed E-state index contributed by atoms with van der Waals surface area (Å²) in [5, 5.41) is 21.6. The van der Waals surface area contributed by atoms with Crippen molar-refractivity contribution in [1.82, 2.24) is 10.2 Å². The molecule has 2 amide bonds. The highest BCUT2D eigenvalue weighted by Gasteiger charge is 2.36. The maximum absolute atomic E-state index is 13.0. The fourth-order valence-corrected chi connectivity index (χ4v) is 4.62. The summed E-state index contributed by atoms with van der Waals surface area (Å²) in [7, 11) is 1.50. The minimum absolute atomic E-state index is 0.0741. The molecule has 3 unspecified atom stereocenters. The van der Waals surface area contributed by atoms with Gasteiger partial charge in [-0.05, 0) is 28.7 Å². The molecule has 0 saturated carbocycles. The smallest absolute Gasteiger partial charge is 0.407 e. The second kappa shape index (κ2) is 10.2. The number of nitrogens with zero attached hydrogens (tertiary/aromatic N) is 1. The van der Waals surface area contributed by atoms with E-state index in [0.717, 1.165) is 22.3 Å². The zero-order valence-corrected chi connectivity index (χ0v) is 18.8. The van der Waals surface area contributed by atoms with Crippen molar-refractivity contribution in [3.8, 4) is 11.1 Å². The molecule has 180 valence electrons. The topological polar surface area (TPSA) is 125 Å². The van der Waals surface area contributed by atoms with Gasteiger partial charge in [0.25, 0.3) is 0 Å². The Morgan fingerprint density at radius 2 is 1.71 bits per heavy atom. The van der Waals surface area contributed by atoms with Crippen LogP contribution in [0.4, 0.5) is 4.79 Å². The molecule has 4 rings (SSSR count). The Labute approximate surface area is 197 Å². The molecular weight excluding hydrogens is 440 g/mol. The van der Waals surface area contributed by atoms with Gasteiger partial charge in [0.05, 0.1) is 25.4 Å². The molecule has 0 radical (unpaired) electrons. The van der Waals surface area contributed by atoms with E-state index in [1.54, 1.807) is 0 Å². The van der Waals surface area contributed by atoms with Crippen LogP contribution in [0, 0.1) is 0 Å². The van der Waals surface area contributed by atoms with Crippen molar-refractivity contribution in [1.29, 1.82) is 0 Å². The highest BCUT2D eigenvalue weighted by atomic mass is 16.5. The number of likely N-dealkylation sites (N-methyl/N-ethyl adjacent to an activating group) is 1. The number of benzene rings is 2. The number of carbonyl (C=O) groups is 3. The maximum atomic E-state index is 13.0. The van der Waals surface area contributed by atoms with Gasteiger partial charge in [0.1, 0.15) is 12.6 Å². The van der Waals surface area contributed by atoms with Crippen molar-refractivity contribution in [2.75, 3.05) is 26.9 Å². The molecule has 0 aromatic heterocycles. The van der Waals surface area contributed by atoms with Crippen molar-refractivity contribution in [2.24, 2.45) is 0 Å². The van der Waals surface area contributed by atoms with Gasteiger partial charge in [0.15, 0.2) is 0 Å². The molecule has 0 spiro atoms. The van der Waals surface area contributed by atoms with E-state index in [2.05, 4.69) is 5.32 Å². The predicted molar refractivity (Wildman–Crippen MR) is 122 cm³/mol. The third-order valence-electron chi connectivity index (χ3n) is 6.45. The molecule has 1 aliphatic carbocycles. The summed E-state index contributed by atoms with van der Waals surface area (Å²) >= 11 is 0. The zero-order chi connectivity index (χ0) is 24.2. The van der Waals surface area contributed by atoms with Crippen molar-refractivity contribution in [3.63, 3.8) is 0 Å². The Morgan fingerprint density at radius 3 is 2.26 bits per heavy atom.